The van der Waals surface area contributed by atoms with E-state index < -0.39 is 0 Å². The molecule has 1 aromatic heterocycles. The fourth-order valence-electron chi connectivity index (χ4n) is 3.04. The summed E-state index contributed by atoms with van der Waals surface area (Å²) < 4.78 is 0.998. The molecule has 118 valence electrons. The number of aromatic nitrogens is 2. The van der Waals surface area contributed by atoms with Gasteiger partial charge in [-0.1, -0.05) is 13.0 Å². The summed E-state index contributed by atoms with van der Waals surface area (Å²) in [6.45, 7) is 4.06. The van der Waals surface area contributed by atoms with Crippen LogP contribution in [0, 0.1) is 0 Å². The molecule has 7 heteroatoms. The second-order valence-electron chi connectivity index (χ2n) is 5.55. The van der Waals surface area contributed by atoms with Crippen molar-refractivity contribution in [1.82, 2.24) is 15.0 Å². The van der Waals surface area contributed by atoms with E-state index in [4.69, 9.17) is 0 Å². The van der Waals surface area contributed by atoms with Gasteiger partial charge in [0.15, 0.2) is 0 Å². The first-order valence-electron chi connectivity index (χ1n) is 7.58. The second kappa shape index (κ2) is 7.08. The lowest BCUT2D eigenvalue weighted by Gasteiger charge is -2.25. The lowest BCUT2D eigenvalue weighted by molar-refractivity contribution is 0.215. The SMILES string of the molecule is CCC(CC=C(Br)Br)N1CC(c2ncnc3c2CCN3)C=N1. The van der Waals surface area contributed by atoms with Crippen LogP contribution in [0.5, 0.6) is 0 Å². The summed E-state index contributed by atoms with van der Waals surface area (Å²) in [5.74, 6) is 1.26. The quantitative estimate of drug-likeness (QED) is 0.777. The van der Waals surface area contributed by atoms with Crippen LogP contribution < -0.4 is 5.32 Å². The Morgan fingerprint density at radius 2 is 2.36 bits per heavy atom. The van der Waals surface area contributed by atoms with Crippen molar-refractivity contribution in [3.8, 4) is 0 Å². The van der Waals surface area contributed by atoms with Crippen LogP contribution in [0.15, 0.2) is 20.9 Å². The van der Waals surface area contributed by atoms with Gasteiger partial charge in [0, 0.05) is 24.9 Å². The standard InChI is InChI=1S/C15H19Br2N5/c1-2-11(3-4-13(16)17)22-8-10(7-21-22)14-12-5-6-18-15(12)20-9-19-14/h4,7,9-11H,2-3,5-6,8H2,1H3,(H,18,19,20). The molecule has 0 amide bonds. The minimum Gasteiger partial charge on any atom is -0.369 e. The Labute approximate surface area is 147 Å². The first-order valence-corrected chi connectivity index (χ1v) is 9.17. The molecule has 1 N–H and O–H groups in total. The summed E-state index contributed by atoms with van der Waals surface area (Å²) in [6, 6.07) is 0.416. The Morgan fingerprint density at radius 1 is 1.50 bits per heavy atom. The van der Waals surface area contributed by atoms with Gasteiger partial charge in [-0.25, -0.2) is 9.97 Å². The second-order valence-corrected chi connectivity index (χ2v) is 8.32. The number of nitrogens with one attached hydrogen (secondary N) is 1. The van der Waals surface area contributed by atoms with Gasteiger partial charge in [0.05, 0.1) is 21.0 Å². The predicted octanol–water partition coefficient (Wildman–Crippen LogP) is 3.63. The number of halogens is 2. The molecule has 0 radical (unpaired) electrons. The van der Waals surface area contributed by atoms with Crippen LogP contribution in [-0.2, 0) is 6.42 Å². The molecular formula is C15H19Br2N5. The van der Waals surface area contributed by atoms with Gasteiger partial charge in [0.2, 0.25) is 0 Å². The van der Waals surface area contributed by atoms with Gasteiger partial charge in [0.25, 0.3) is 0 Å². The Kier molecular flexibility index (Phi) is 5.13. The van der Waals surface area contributed by atoms with Crippen molar-refractivity contribution >= 4 is 43.9 Å². The number of hydrogen-bond acceptors (Lipinski definition) is 5. The Hall–Kier alpha value is -0.950. The van der Waals surface area contributed by atoms with Crippen LogP contribution in [0.3, 0.4) is 0 Å². The zero-order valence-electron chi connectivity index (χ0n) is 12.5. The zero-order chi connectivity index (χ0) is 15.5. The average Bonchev–Trinajstić information content (AvgIpc) is 3.16. The van der Waals surface area contributed by atoms with Crippen molar-refractivity contribution in [2.45, 2.75) is 38.1 Å². The van der Waals surface area contributed by atoms with Gasteiger partial charge in [-0.2, -0.15) is 5.10 Å². The first-order chi connectivity index (χ1) is 10.7. The van der Waals surface area contributed by atoms with Gasteiger partial charge >= 0.3 is 0 Å². The highest BCUT2D eigenvalue weighted by Crippen LogP contribution is 2.30. The molecule has 0 saturated heterocycles. The van der Waals surface area contributed by atoms with E-state index in [9.17, 15) is 0 Å². The highest BCUT2D eigenvalue weighted by Gasteiger charge is 2.29. The Morgan fingerprint density at radius 3 is 3.14 bits per heavy atom. The highest BCUT2D eigenvalue weighted by molar-refractivity contribution is 9.28. The maximum absolute atomic E-state index is 4.64. The van der Waals surface area contributed by atoms with E-state index in [0.29, 0.717) is 6.04 Å². The van der Waals surface area contributed by atoms with Gasteiger partial charge < -0.3 is 5.32 Å². The van der Waals surface area contributed by atoms with E-state index in [1.807, 2.05) is 6.21 Å². The van der Waals surface area contributed by atoms with E-state index in [1.54, 1.807) is 6.33 Å². The van der Waals surface area contributed by atoms with Gasteiger partial charge in [-0.3, -0.25) is 5.01 Å². The van der Waals surface area contributed by atoms with Gasteiger partial charge in [-0.05, 0) is 51.1 Å². The number of fused-ring (bicyclic) bond motifs is 1. The maximum atomic E-state index is 4.64. The van der Waals surface area contributed by atoms with Crippen LogP contribution >= 0.6 is 31.9 Å². The van der Waals surface area contributed by atoms with Crippen LogP contribution in [0.4, 0.5) is 5.82 Å². The van der Waals surface area contributed by atoms with Gasteiger partial charge in [-0.15, -0.1) is 0 Å². The number of rotatable bonds is 5. The van der Waals surface area contributed by atoms with Crippen LogP contribution in [0.25, 0.3) is 0 Å². The van der Waals surface area contributed by atoms with Crippen molar-refractivity contribution in [1.29, 1.82) is 0 Å². The molecule has 1 aromatic rings. The summed E-state index contributed by atoms with van der Waals surface area (Å²) in [5.41, 5.74) is 2.39. The fraction of sp³-hybridized carbons (Fsp3) is 0.533. The van der Waals surface area contributed by atoms with Crippen LogP contribution in [0.1, 0.15) is 36.9 Å². The summed E-state index contributed by atoms with van der Waals surface area (Å²) in [6.07, 6.45) is 8.88. The molecule has 2 aliphatic rings. The molecule has 0 bridgehead atoms. The minimum absolute atomic E-state index is 0.266. The smallest absolute Gasteiger partial charge is 0.132 e. The topological polar surface area (TPSA) is 53.4 Å². The monoisotopic (exact) mass is 427 g/mol. The maximum Gasteiger partial charge on any atom is 0.132 e. The van der Waals surface area contributed by atoms with E-state index >= 15 is 0 Å². The van der Waals surface area contributed by atoms with E-state index in [2.05, 4.69) is 70.3 Å². The molecule has 5 nitrogen and oxygen atoms in total. The van der Waals surface area contributed by atoms with Crippen LogP contribution in [-0.4, -0.2) is 40.3 Å². The lowest BCUT2D eigenvalue weighted by Crippen LogP contribution is -2.29. The highest BCUT2D eigenvalue weighted by atomic mass is 79.9. The van der Waals surface area contributed by atoms with Crippen LogP contribution in [0.2, 0.25) is 0 Å². The molecular weight excluding hydrogens is 410 g/mol. The molecule has 0 spiro atoms. The molecule has 3 heterocycles. The largest absolute Gasteiger partial charge is 0.369 e. The number of nitrogens with zero attached hydrogens (tertiary/aromatic N) is 4. The molecule has 2 unspecified atom stereocenters. The third-order valence-corrected chi connectivity index (χ3v) is 4.86. The van der Waals surface area contributed by atoms with E-state index in [1.165, 1.54) is 5.56 Å². The summed E-state index contributed by atoms with van der Waals surface area (Å²) in [5, 5.41) is 10.1. The molecule has 2 aliphatic heterocycles. The molecule has 3 rings (SSSR count). The molecule has 0 aromatic carbocycles. The predicted molar refractivity (Wildman–Crippen MR) is 96.8 cm³/mol. The molecule has 0 saturated carbocycles. The zero-order valence-corrected chi connectivity index (χ0v) is 15.6. The fourth-order valence-corrected chi connectivity index (χ4v) is 3.41. The average molecular weight is 429 g/mol. The van der Waals surface area contributed by atoms with Gasteiger partial charge in [0.1, 0.15) is 12.1 Å². The third kappa shape index (κ3) is 3.35. The Bertz CT molecular complexity index is 598. The summed E-state index contributed by atoms with van der Waals surface area (Å²) in [7, 11) is 0. The molecule has 0 fully saturated rings. The number of hydrogen-bond donors (Lipinski definition) is 1. The molecule has 2 atom stereocenters. The van der Waals surface area contributed by atoms with Crippen molar-refractivity contribution in [3.63, 3.8) is 0 Å². The van der Waals surface area contributed by atoms with E-state index in [0.717, 1.165) is 47.3 Å². The number of anilines is 1. The lowest BCUT2D eigenvalue weighted by atomic mass is 10.0. The van der Waals surface area contributed by atoms with Crippen molar-refractivity contribution in [3.05, 3.63) is 27.1 Å². The normalized spacial score (nSPS) is 20.7. The first kappa shape index (κ1) is 15.9. The molecule has 0 aliphatic carbocycles. The van der Waals surface area contributed by atoms with Crippen molar-refractivity contribution in [2.75, 3.05) is 18.4 Å². The third-order valence-electron chi connectivity index (χ3n) is 4.21. The minimum atomic E-state index is 0.266. The van der Waals surface area contributed by atoms with Crippen molar-refractivity contribution in [2.24, 2.45) is 5.10 Å². The van der Waals surface area contributed by atoms with Crippen molar-refractivity contribution < 1.29 is 0 Å². The van der Waals surface area contributed by atoms with E-state index in [-0.39, 0.29) is 5.92 Å². The summed E-state index contributed by atoms with van der Waals surface area (Å²) in [4.78, 5) is 8.84. The molecule has 22 heavy (non-hydrogen) atoms. The number of hydrazone groups is 1. The Balaban J connectivity index is 1.72. The summed E-state index contributed by atoms with van der Waals surface area (Å²) >= 11 is 6.84.